The summed E-state index contributed by atoms with van der Waals surface area (Å²) in [4.78, 5) is 84.9. The fraction of sp³-hybridized carbons (Fsp3) is 0.561. The molecule has 87 heavy (non-hydrogen) atoms. The third-order valence-corrected chi connectivity index (χ3v) is 23.4. The van der Waals surface area contributed by atoms with Crippen molar-refractivity contribution in [3.8, 4) is 5.75 Å². The van der Waals surface area contributed by atoms with Crippen molar-refractivity contribution in [3.63, 3.8) is 0 Å². The van der Waals surface area contributed by atoms with Crippen molar-refractivity contribution < 1.29 is 36.7 Å². The van der Waals surface area contributed by atoms with Crippen molar-refractivity contribution in [3.05, 3.63) is 119 Å². The van der Waals surface area contributed by atoms with Gasteiger partial charge in [0, 0.05) is 74.4 Å². The highest BCUT2D eigenvalue weighted by Gasteiger charge is 2.68. The molecule has 21 heteroatoms. The van der Waals surface area contributed by atoms with Crippen molar-refractivity contribution >= 4 is 56.6 Å². The normalized spacial score (nSPS) is 34.6. The van der Waals surface area contributed by atoms with Crippen molar-refractivity contribution in [2.24, 2.45) is 70.5 Å². The number of aromatic nitrogens is 4. The van der Waals surface area contributed by atoms with E-state index in [0.717, 1.165) is 106 Å². The first-order valence-corrected chi connectivity index (χ1v) is 31.3. The molecule has 0 spiro atoms. The third kappa shape index (κ3) is 8.14. The van der Waals surface area contributed by atoms with Gasteiger partial charge >= 0.3 is 0 Å². The minimum absolute atomic E-state index is 0.00648. The Morgan fingerprint density at radius 2 is 1.10 bits per heavy atom. The van der Waals surface area contributed by atoms with Gasteiger partial charge in [0.2, 0.25) is 5.43 Å². The van der Waals surface area contributed by atoms with Gasteiger partial charge in [-0.2, -0.15) is 0 Å². The highest BCUT2D eigenvalue weighted by atomic mass is 19.1. The van der Waals surface area contributed by atoms with Crippen LogP contribution >= 0.6 is 0 Å². The van der Waals surface area contributed by atoms with Crippen LogP contribution in [-0.4, -0.2) is 104 Å². The number of hydrogen-bond acceptors (Lipinski definition) is 14. The lowest BCUT2D eigenvalue weighted by molar-refractivity contribution is 0.100. The van der Waals surface area contributed by atoms with Crippen LogP contribution < -0.4 is 53.2 Å². The Hall–Kier alpha value is -6.97. The molecule has 8 aliphatic carbocycles. The molecular formula is C66H72F4N10O7. The number of carbonyl (C=O) groups is 3. The van der Waals surface area contributed by atoms with Crippen LogP contribution in [0.1, 0.15) is 151 Å². The van der Waals surface area contributed by atoms with Gasteiger partial charge in [0.15, 0.2) is 46.4 Å². The first-order valence-electron chi connectivity index (χ1n) is 31.3. The summed E-state index contributed by atoms with van der Waals surface area (Å²) in [5.74, 6) is 3.00. The molecule has 17 nitrogen and oxygen atoms in total. The number of fused-ring (bicyclic) bond motifs is 11. The largest absolute Gasteiger partial charge is 0.488 e. The second-order valence-electron chi connectivity index (χ2n) is 28.7. The number of ether oxygens (including phenoxy) is 1. The molecule has 456 valence electrons. The second kappa shape index (κ2) is 18.6. The Kier molecular flexibility index (Phi) is 11.8. The van der Waals surface area contributed by atoms with Gasteiger partial charge in [-0.1, -0.05) is 6.92 Å². The molecule has 10 heterocycles. The standard InChI is InChI=1S/C23H26FN3O2.C22H24FN3O3.C21H22F2N4O2/c1-11-20-17(13-3-4-13)6-16(12(2)28)22(29)27(20)10-19(24)21(11)26-8-14-5-15-7-23(15,25)18(14)9-26;1-10-9-29-20-18-14(10)4-15(11(2)27)21(28)26(18)8-17(23)19(20)25-6-12-3-13-5-22(13,24)16(12)7-25;1-9(28)13-7-27(17-4-15(17)22)19-12(18(13)29)3-16(23)20(25-19)26-6-10-2-11-5-21(11,24)14(10)8-26/h6,10,13-15,18H,3-5,7-9,25H2,1-2H3;4,8,10,12-13,16H,3,5-7,9,24H2,1-2H3;3,7,10-11,14-15,17H,2,4-6,8,24H2,1H3/t14-,15?,18+,23-;10-,12+,13?,16-,22+;10-,11?,14+,15+,17-,21-/m101/s1. The molecule has 6 aromatic heterocycles. The lowest BCUT2D eigenvalue weighted by atomic mass is 9.92. The number of halogens is 4. The zero-order valence-electron chi connectivity index (χ0n) is 49.5. The summed E-state index contributed by atoms with van der Waals surface area (Å²) in [5.41, 5.74) is 23.4. The number of alkyl halides is 1. The number of nitrogens with two attached hydrogens (primary N) is 3. The van der Waals surface area contributed by atoms with Crippen LogP contribution in [0.25, 0.3) is 22.1 Å². The third-order valence-electron chi connectivity index (χ3n) is 23.4. The molecule has 18 rings (SSSR count). The molecule has 0 radical (unpaired) electrons. The number of pyridine rings is 6. The summed E-state index contributed by atoms with van der Waals surface area (Å²) in [6.07, 6.45) is 11.8. The van der Waals surface area contributed by atoms with Gasteiger partial charge in [0.25, 0.3) is 11.1 Å². The zero-order chi connectivity index (χ0) is 60.7. The number of rotatable bonds is 8. The lowest BCUT2D eigenvalue weighted by Crippen LogP contribution is -2.36. The number of anilines is 3. The van der Waals surface area contributed by atoms with Crippen LogP contribution in [0.15, 0.2) is 51.2 Å². The van der Waals surface area contributed by atoms with E-state index in [1.165, 1.54) is 48.2 Å². The Bertz CT molecular complexity index is 4240. The van der Waals surface area contributed by atoms with Gasteiger partial charge in [0.05, 0.1) is 63.8 Å². The Labute approximate surface area is 498 Å². The molecule has 12 aliphatic rings. The average molecular weight is 1190 g/mol. The highest BCUT2D eigenvalue weighted by molar-refractivity contribution is 5.97. The van der Waals surface area contributed by atoms with Gasteiger partial charge < -0.3 is 41.2 Å². The number of aryl methyl sites for hydroxylation is 1. The SMILES string of the molecule is CC(=O)c1cc(C2CC2)c2c(C)c(N3C[C@H]4CC5C[C@]5(N)[C@H]4C3)c(F)cn2c1=O.CC(=O)c1cc2c3c(c(N4C[C@H]5CC6C[C@]6(N)[C@H]5C4)c(F)cn3c1=O)OC[C@@H]2C.CC(=O)c1cn([C@@H]2C[C@@H]2F)c2nc(N3C[C@H]4CC5C[C@]5(N)[C@H]4C3)c(F)cc2c1=O. The maximum absolute atomic E-state index is 15.4. The molecule has 8 saturated carbocycles. The molecule has 3 unspecified atom stereocenters. The first-order chi connectivity index (χ1) is 41.4. The van der Waals surface area contributed by atoms with E-state index in [9.17, 15) is 33.2 Å². The van der Waals surface area contributed by atoms with E-state index in [4.69, 9.17) is 21.9 Å². The van der Waals surface area contributed by atoms with Gasteiger partial charge in [-0.05, 0) is 173 Å². The summed E-state index contributed by atoms with van der Waals surface area (Å²) >= 11 is 0. The zero-order valence-corrected chi connectivity index (χ0v) is 49.5. The minimum atomic E-state index is -1.05. The topological polar surface area (TPSA) is 226 Å². The number of hydrogen-bond donors (Lipinski definition) is 3. The molecule has 3 saturated heterocycles. The summed E-state index contributed by atoms with van der Waals surface area (Å²) in [6.45, 7) is 12.8. The van der Waals surface area contributed by atoms with Crippen molar-refractivity contribution in [1.29, 1.82) is 0 Å². The molecule has 6 aromatic rings. The van der Waals surface area contributed by atoms with Crippen LogP contribution in [0, 0.1) is 77.6 Å². The monoisotopic (exact) mass is 1190 g/mol. The van der Waals surface area contributed by atoms with Gasteiger partial charge in [-0.3, -0.25) is 37.6 Å². The molecule has 6 N–H and O–H groups in total. The molecule has 11 fully saturated rings. The maximum Gasteiger partial charge on any atom is 0.266 e. The molecule has 15 atom stereocenters. The fourth-order valence-corrected chi connectivity index (χ4v) is 18.3. The summed E-state index contributed by atoms with van der Waals surface area (Å²) in [5, 5.41) is 0.0231. The van der Waals surface area contributed by atoms with Gasteiger partial charge in [0.1, 0.15) is 17.5 Å². The molecule has 0 amide bonds. The predicted octanol–water partition coefficient (Wildman–Crippen LogP) is 7.51. The summed E-state index contributed by atoms with van der Waals surface area (Å²) in [7, 11) is 0. The quantitative estimate of drug-likeness (QED) is 0.0991. The van der Waals surface area contributed by atoms with E-state index in [2.05, 4.69) is 14.8 Å². The van der Waals surface area contributed by atoms with Crippen LogP contribution in [0.4, 0.5) is 34.8 Å². The molecule has 0 aromatic carbocycles. The van der Waals surface area contributed by atoms with Crippen molar-refractivity contribution in [1.82, 2.24) is 18.4 Å². The molecular weight excluding hydrogens is 1120 g/mol. The van der Waals surface area contributed by atoms with Crippen molar-refractivity contribution in [2.75, 3.05) is 60.6 Å². The van der Waals surface area contributed by atoms with Gasteiger partial charge in [-0.25, -0.2) is 22.5 Å². The van der Waals surface area contributed by atoms with E-state index in [-0.39, 0.29) is 67.6 Å². The van der Waals surface area contributed by atoms with Gasteiger partial charge in [-0.15, -0.1) is 0 Å². The van der Waals surface area contributed by atoms with Crippen molar-refractivity contribution in [2.45, 2.75) is 133 Å². The Morgan fingerprint density at radius 3 is 1.61 bits per heavy atom. The van der Waals surface area contributed by atoms with E-state index >= 15 is 13.2 Å². The van der Waals surface area contributed by atoms with Crippen LogP contribution in [0.5, 0.6) is 5.75 Å². The van der Waals surface area contributed by atoms with E-state index in [0.29, 0.717) is 108 Å². The average Bonchev–Trinajstić information content (AvgIpc) is 1.59. The highest BCUT2D eigenvalue weighted by Crippen LogP contribution is 2.65. The second-order valence-corrected chi connectivity index (χ2v) is 28.7. The van der Waals surface area contributed by atoms with E-state index in [1.54, 1.807) is 16.7 Å². The number of Topliss-reactive ketones (excluding diaryl/α,β-unsaturated/α-hetero) is 3. The summed E-state index contributed by atoms with van der Waals surface area (Å²) < 4.78 is 69.8. The first kappa shape index (κ1) is 55.3. The predicted molar refractivity (Wildman–Crippen MR) is 319 cm³/mol. The lowest BCUT2D eigenvalue weighted by Gasteiger charge is -2.30. The van der Waals surface area contributed by atoms with Crippen LogP contribution in [-0.2, 0) is 0 Å². The number of carbonyl (C=O) groups excluding carboxylic acids is 3. The smallest absolute Gasteiger partial charge is 0.266 e. The van der Waals surface area contributed by atoms with Crippen LogP contribution in [0.3, 0.4) is 0 Å². The Balaban J connectivity index is 0.000000106. The summed E-state index contributed by atoms with van der Waals surface area (Å²) in [6, 6.07) is 4.11. The van der Waals surface area contributed by atoms with Crippen LogP contribution in [0.2, 0.25) is 0 Å². The Morgan fingerprint density at radius 1 is 0.621 bits per heavy atom. The number of ketones is 3. The molecule has 0 bridgehead atoms. The minimum Gasteiger partial charge on any atom is -0.488 e. The van der Waals surface area contributed by atoms with E-state index in [1.807, 2.05) is 18.7 Å². The molecule has 4 aliphatic heterocycles. The van der Waals surface area contributed by atoms with E-state index < -0.39 is 52.0 Å². The fourth-order valence-electron chi connectivity index (χ4n) is 18.3. The maximum atomic E-state index is 15.4. The number of nitrogens with zero attached hydrogens (tertiary/aromatic N) is 7.